The highest BCUT2D eigenvalue weighted by molar-refractivity contribution is 7.13. The molecular weight excluding hydrogens is 362 g/mol. The Hall–Kier alpha value is -3.06. The summed E-state index contributed by atoms with van der Waals surface area (Å²) in [4.78, 5) is 34.6. The van der Waals surface area contributed by atoms with Crippen molar-refractivity contribution < 1.29 is 14.3 Å². The SMILES string of the molecule is O=C(Cc1csc(-c2ccccn2)n1)Oc1cccc(N2CCCC2=O)c1. The number of hydrogen-bond donors (Lipinski definition) is 0. The Morgan fingerprint density at radius 1 is 1.22 bits per heavy atom. The van der Waals surface area contributed by atoms with Gasteiger partial charge in [0.1, 0.15) is 10.8 Å². The van der Waals surface area contributed by atoms with E-state index >= 15 is 0 Å². The minimum Gasteiger partial charge on any atom is -0.426 e. The van der Waals surface area contributed by atoms with Gasteiger partial charge in [0.05, 0.1) is 17.8 Å². The Morgan fingerprint density at radius 2 is 2.15 bits per heavy atom. The van der Waals surface area contributed by atoms with Crippen molar-refractivity contribution in [2.45, 2.75) is 19.3 Å². The molecule has 1 fully saturated rings. The van der Waals surface area contributed by atoms with Crippen molar-refractivity contribution in [2.75, 3.05) is 11.4 Å². The van der Waals surface area contributed by atoms with Crippen molar-refractivity contribution >= 4 is 28.9 Å². The number of carbonyl (C=O) groups excluding carboxylic acids is 2. The molecule has 0 unspecified atom stereocenters. The average molecular weight is 379 g/mol. The zero-order chi connectivity index (χ0) is 18.6. The maximum absolute atomic E-state index is 12.3. The second-order valence-electron chi connectivity index (χ2n) is 6.16. The van der Waals surface area contributed by atoms with Crippen LogP contribution in [0.15, 0.2) is 54.0 Å². The molecule has 0 spiro atoms. The molecule has 1 amide bonds. The van der Waals surface area contributed by atoms with Crippen LogP contribution < -0.4 is 9.64 Å². The van der Waals surface area contributed by atoms with Crippen LogP contribution in [0.5, 0.6) is 5.75 Å². The molecule has 6 nitrogen and oxygen atoms in total. The fraction of sp³-hybridized carbons (Fsp3) is 0.200. The normalized spacial score (nSPS) is 13.8. The fourth-order valence-electron chi connectivity index (χ4n) is 2.95. The minimum absolute atomic E-state index is 0.0796. The van der Waals surface area contributed by atoms with Crippen molar-refractivity contribution in [2.24, 2.45) is 0 Å². The van der Waals surface area contributed by atoms with Crippen LogP contribution in [0.2, 0.25) is 0 Å². The van der Waals surface area contributed by atoms with Crippen molar-refractivity contribution in [3.63, 3.8) is 0 Å². The molecule has 3 aromatic rings. The van der Waals surface area contributed by atoms with Gasteiger partial charge in [-0.3, -0.25) is 14.6 Å². The van der Waals surface area contributed by atoms with Gasteiger partial charge in [-0.05, 0) is 30.7 Å². The van der Waals surface area contributed by atoms with Gasteiger partial charge in [0.15, 0.2) is 0 Å². The first-order valence-electron chi connectivity index (χ1n) is 8.66. The van der Waals surface area contributed by atoms with Crippen LogP contribution in [0.3, 0.4) is 0 Å². The van der Waals surface area contributed by atoms with E-state index in [0.29, 0.717) is 24.4 Å². The molecule has 0 aliphatic carbocycles. The number of hydrogen-bond acceptors (Lipinski definition) is 6. The van der Waals surface area contributed by atoms with Crippen molar-refractivity contribution in [1.29, 1.82) is 0 Å². The van der Waals surface area contributed by atoms with Gasteiger partial charge in [-0.15, -0.1) is 11.3 Å². The quantitative estimate of drug-likeness (QED) is 0.501. The number of anilines is 1. The predicted octanol–water partition coefficient (Wildman–Crippen LogP) is 3.48. The molecule has 136 valence electrons. The molecule has 1 aliphatic heterocycles. The highest BCUT2D eigenvalue weighted by atomic mass is 32.1. The molecule has 0 atom stereocenters. The van der Waals surface area contributed by atoms with Gasteiger partial charge in [0.2, 0.25) is 5.91 Å². The van der Waals surface area contributed by atoms with E-state index in [0.717, 1.165) is 22.8 Å². The number of rotatable bonds is 5. The van der Waals surface area contributed by atoms with Gasteiger partial charge in [-0.1, -0.05) is 12.1 Å². The van der Waals surface area contributed by atoms with Crippen LogP contribution in [-0.2, 0) is 16.0 Å². The molecule has 4 rings (SSSR count). The smallest absolute Gasteiger partial charge is 0.317 e. The second-order valence-corrected chi connectivity index (χ2v) is 7.01. The standard InChI is InChI=1S/C20H17N3O3S/c24-18-8-4-10-23(18)15-5-3-6-16(12-15)26-19(25)11-14-13-27-20(22-14)17-7-1-2-9-21-17/h1-3,5-7,9,12-13H,4,8,10-11H2. The van der Waals surface area contributed by atoms with Gasteiger partial charge in [0, 0.05) is 36.3 Å². The molecule has 3 heterocycles. The molecule has 1 saturated heterocycles. The fourth-order valence-corrected chi connectivity index (χ4v) is 3.74. The molecule has 0 N–H and O–H groups in total. The number of pyridine rings is 1. The lowest BCUT2D eigenvalue weighted by atomic mass is 10.2. The molecule has 1 aliphatic rings. The lowest BCUT2D eigenvalue weighted by molar-refractivity contribution is -0.133. The third-order valence-corrected chi connectivity index (χ3v) is 5.11. The number of benzene rings is 1. The number of ether oxygens (including phenoxy) is 1. The van der Waals surface area contributed by atoms with Crippen LogP contribution in [0, 0.1) is 0 Å². The summed E-state index contributed by atoms with van der Waals surface area (Å²) in [6.45, 7) is 0.700. The van der Waals surface area contributed by atoms with Crippen molar-refractivity contribution in [3.8, 4) is 16.5 Å². The second kappa shape index (κ2) is 7.67. The maximum Gasteiger partial charge on any atom is 0.317 e. The number of aromatic nitrogens is 2. The number of carbonyl (C=O) groups is 2. The summed E-state index contributed by atoms with van der Waals surface area (Å²) < 4.78 is 5.44. The highest BCUT2D eigenvalue weighted by Gasteiger charge is 2.22. The summed E-state index contributed by atoms with van der Waals surface area (Å²) in [6, 6.07) is 12.7. The first-order valence-corrected chi connectivity index (χ1v) is 9.54. The first kappa shape index (κ1) is 17.4. The van der Waals surface area contributed by atoms with E-state index in [4.69, 9.17) is 4.74 Å². The first-order chi connectivity index (χ1) is 13.2. The van der Waals surface area contributed by atoms with Crippen molar-refractivity contribution in [1.82, 2.24) is 9.97 Å². The Labute approximate surface area is 160 Å². The van der Waals surface area contributed by atoms with Crippen LogP contribution in [0.1, 0.15) is 18.5 Å². The zero-order valence-electron chi connectivity index (χ0n) is 14.5. The van der Waals surface area contributed by atoms with Crippen LogP contribution in [0.25, 0.3) is 10.7 Å². The lowest BCUT2D eigenvalue weighted by Crippen LogP contribution is -2.23. The number of amides is 1. The topological polar surface area (TPSA) is 72.4 Å². The van der Waals surface area contributed by atoms with E-state index < -0.39 is 5.97 Å². The van der Waals surface area contributed by atoms with E-state index in [1.165, 1.54) is 11.3 Å². The van der Waals surface area contributed by atoms with Gasteiger partial charge < -0.3 is 9.64 Å². The molecule has 7 heteroatoms. The van der Waals surface area contributed by atoms with Gasteiger partial charge in [0.25, 0.3) is 0 Å². The van der Waals surface area contributed by atoms with E-state index in [9.17, 15) is 9.59 Å². The summed E-state index contributed by atoms with van der Waals surface area (Å²) in [6.07, 6.45) is 3.21. The zero-order valence-corrected chi connectivity index (χ0v) is 15.3. The molecule has 27 heavy (non-hydrogen) atoms. The van der Waals surface area contributed by atoms with E-state index in [-0.39, 0.29) is 12.3 Å². The Kier molecular flexibility index (Phi) is 4.93. The number of esters is 1. The summed E-state index contributed by atoms with van der Waals surface area (Å²) in [5.74, 6) is 0.137. The van der Waals surface area contributed by atoms with E-state index in [1.807, 2.05) is 29.6 Å². The number of nitrogens with zero attached hydrogens (tertiary/aromatic N) is 3. The minimum atomic E-state index is -0.391. The van der Waals surface area contributed by atoms with Gasteiger partial charge in [-0.25, -0.2) is 4.98 Å². The molecular formula is C20H17N3O3S. The molecule has 2 aromatic heterocycles. The number of thiazole rings is 1. The van der Waals surface area contributed by atoms with E-state index in [2.05, 4.69) is 9.97 Å². The average Bonchev–Trinajstić information content (AvgIpc) is 3.31. The lowest BCUT2D eigenvalue weighted by Gasteiger charge is -2.16. The van der Waals surface area contributed by atoms with Crippen LogP contribution >= 0.6 is 11.3 Å². The summed E-state index contributed by atoms with van der Waals surface area (Å²) in [5.41, 5.74) is 2.19. The summed E-state index contributed by atoms with van der Waals surface area (Å²) >= 11 is 1.44. The monoisotopic (exact) mass is 379 g/mol. The van der Waals surface area contributed by atoms with Crippen molar-refractivity contribution in [3.05, 3.63) is 59.7 Å². The highest BCUT2D eigenvalue weighted by Crippen LogP contribution is 2.26. The molecule has 0 saturated carbocycles. The molecule has 0 radical (unpaired) electrons. The Balaban J connectivity index is 1.41. The summed E-state index contributed by atoms with van der Waals surface area (Å²) in [5, 5.41) is 2.61. The third kappa shape index (κ3) is 4.03. The largest absolute Gasteiger partial charge is 0.426 e. The molecule has 1 aromatic carbocycles. The predicted molar refractivity (Wildman–Crippen MR) is 103 cm³/mol. The van der Waals surface area contributed by atoms with Crippen LogP contribution in [0.4, 0.5) is 5.69 Å². The third-order valence-electron chi connectivity index (χ3n) is 4.20. The summed E-state index contributed by atoms with van der Waals surface area (Å²) in [7, 11) is 0. The maximum atomic E-state index is 12.3. The van der Waals surface area contributed by atoms with Gasteiger partial charge in [-0.2, -0.15) is 0 Å². The Morgan fingerprint density at radius 3 is 2.93 bits per heavy atom. The molecule has 0 bridgehead atoms. The van der Waals surface area contributed by atoms with Gasteiger partial charge >= 0.3 is 5.97 Å². The van der Waals surface area contributed by atoms with Crippen LogP contribution in [-0.4, -0.2) is 28.4 Å². The van der Waals surface area contributed by atoms with E-state index in [1.54, 1.807) is 29.3 Å². The Bertz CT molecular complexity index is 971.